The van der Waals surface area contributed by atoms with Crippen molar-refractivity contribution in [2.45, 2.75) is 0 Å². The van der Waals surface area contributed by atoms with E-state index >= 15 is 0 Å². The highest BCUT2D eigenvalue weighted by atomic mass is 31.2. The van der Waals surface area contributed by atoms with Crippen LogP contribution in [0.15, 0.2) is 540 Å². The van der Waals surface area contributed by atoms with Gasteiger partial charge in [0.25, 0.3) is 0 Å². The number of hydrogen-bond acceptors (Lipinski definition) is 10. The molecular weight excluding hydrogens is 1840 g/mol. The van der Waals surface area contributed by atoms with Gasteiger partial charge in [-0.1, -0.05) is 413 Å². The molecule has 0 spiro atoms. The van der Waals surface area contributed by atoms with Crippen LogP contribution in [0.25, 0.3) is 239 Å². The molecule has 0 bridgehead atoms. The topological polar surface area (TPSA) is 148 Å². The highest BCUT2D eigenvalue weighted by Crippen LogP contribution is 2.49. The number of aromatic nitrogens is 12. The van der Waals surface area contributed by atoms with E-state index in [2.05, 4.69) is 382 Å². The van der Waals surface area contributed by atoms with Crippen molar-refractivity contribution in [3.05, 3.63) is 540 Å². The molecule has 0 radical (unpaired) electrons. The van der Waals surface area contributed by atoms with Gasteiger partial charge in [-0.25, -0.2) is 34.9 Å². The summed E-state index contributed by atoms with van der Waals surface area (Å²) in [6.45, 7) is 0. The van der Waals surface area contributed by atoms with E-state index in [1.807, 2.05) is 170 Å². The molecule has 0 saturated carbocycles. The third-order valence-corrected chi connectivity index (χ3v) is 31.1. The Labute approximate surface area is 859 Å². The van der Waals surface area contributed by atoms with Gasteiger partial charge in [-0.2, -0.15) is 0 Å². The van der Waals surface area contributed by atoms with E-state index < -0.39 is 7.14 Å². The second-order valence-electron chi connectivity index (χ2n) is 36.9. The molecule has 28 aromatic rings. The minimum absolute atomic E-state index is 0.611. The number of pyridine rings is 6. The summed E-state index contributed by atoms with van der Waals surface area (Å²) in [5, 5.41) is 13.2. The van der Waals surface area contributed by atoms with Crippen molar-refractivity contribution in [1.29, 1.82) is 0 Å². The SMILES string of the molecule is O=P(c1ccccc1)(c1ccccc1)c1ccc(-c2ccc(-c3nc4ccccc4c4c5ccccc5n(-c5ccccc5)c34)cc2)cc1.c1ccc(-c2nc(-c3ccccc3)nc(-c3cccc(-c4nc5ccccc5c5c6ccccc6n(-c6ccccc6)c45)c3)n2)cc1.c1ccc(-n2c3ccccc3c3c4ccccc4nc(-c4ccc(-c5ccc(-c6cc(-c7ccccn7)nc(-c7ccccn7)c6)cc5)cc4)c32)cc1. The molecule has 18 aromatic carbocycles. The predicted molar refractivity (Wildman–Crippen MR) is 614 cm³/mol. The first-order valence-corrected chi connectivity index (χ1v) is 51.6. The van der Waals surface area contributed by atoms with Crippen LogP contribution in [0, 0.1) is 0 Å². The van der Waals surface area contributed by atoms with Crippen LogP contribution in [0.2, 0.25) is 0 Å². The van der Waals surface area contributed by atoms with Crippen molar-refractivity contribution >= 4 is 121 Å². The van der Waals surface area contributed by atoms with Crippen molar-refractivity contribution in [1.82, 2.24) is 58.6 Å². The Morgan fingerprint density at radius 3 is 0.799 bits per heavy atom. The number of benzene rings is 18. The smallest absolute Gasteiger partial charge is 0.171 e. The predicted octanol–water partition coefficient (Wildman–Crippen LogP) is 32.3. The van der Waals surface area contributed by atoms with E-state index in [0.29, 0.717) is 17.5 Å². The fourth-order valence-corrected chi connectivity index (χ4v) is 23.7. The van der Waals surface area contributed by atoms with E-state index in [9.17, 15) is 4.57 Å². The third kappa shape index (κ3) is 16.7. The van der Waals surface area contributed by atoms with Gasteiger partial charge in [0.2, 0.25) is 0 Å². The number of rotatable bonds is 17. The summed E-state index contributed by atoms with van der Waals surface area (Å²) >= 11 is 0. The van der Waals surface area contributed by atoms with Gasteiger partial charge >= 0.3 is 0 Å². The number of nitrogens with zero attached hydrogens (tertiary/aromatic N) is 12. The van der Waals surface area contributed by atoms with Crippen molar-refractivity contribution in [3.8, 4) is 141 Å². The monoisotopic (exact) mass is 1920 g/mol. The van der Waals surface area contributed by atoms with Crippen LogP contribution in [-0.4, -0.2) is 58.6 Å². The van der Waals surface area contributed by atoms with Gasteiger partial charge in [0.15, 0.2) is 24.6 Å². The van der Waals surface area contributed by atoms with Gasteiger partial charge in [0, 0.05) is 127 Å². The summed E-state index contributed by atoms with van der Waals surface area (Å²) < 4.78 is 21.9. The van der Waals surface area contributed by atoms with Gasteiger partial charge in [-0.05, 0) is 149 Å². The molecule has 700 valence electrons. The summed E-state index contributed by atoms with van der Waals surface area (Å²) in [5.74, 6) is 1.88. The molecule has 0 aliphatic heterocycles. The highest BCUT2D eigenvalue weighted by molar-refractivity contribution is 7.85. The zero-order chi connectivity index (χ0) is 99.1. The lowest BCUT2D eigenvalue weighted by Crippen LogP contribution is -2.24. The largest absolute Gasteiger partial charge is 0.309 e. The van der Waals surface area contributed by atoms with E-state index in [1.165, 1.54) is 37.8 Å². The molecule has 149 heavy (non-hydrogen) atoms. The fraction of sp³-hybridized carbons (Fsp3) is 0. The minimum atomic E-state index is -3.03. The zero-order valence-corrected chi connectivity index (χ0v) is 81.5. The van der Waals surface area contributed by atoms with Gasteiger partial charge in [-0.15, -0.1) is 0 Å². The summed E-state index contributed by atoms with van der Waals surface area (Å²) in [7, 11) is -3.03. The van der Waals surface area contributed by atoms with Crippen molar-refractivity contribution in [2.24, 2.45) is 0 Å². The number of hydrogen-bond donors (Lipinski definition) is 0. The van der Waals surface area contributed by atoms with E-state index in [4.69, 9.17) is 34.9 Å². The van der Waals surface area contributed by atoms with Crippen LogP contribution >= 0.6 is 7.14 Å². The van der Waals surface area contributed by atoms with Crippen LogP contribution < -0.4 is 15.9 Å². The molecule has 14 heteroatoms. The molecule has 0 fully saturated rings. The van der Waals surface area contributed by atoms with Crippen LogP contribution in [0.3, 0.4) is 0 Å². The van der Waals surface area contributed by atoms with Gasteiger partial charge in [0.1, 0.15) is 0 Å². The average Bonchev–Trinajstić information content (AvgIpc) is 1.57. The maximum absolute atomic E-state index is 14.9. The molecule has 10 aromatic heterocycles. The number of fused-ring (bicyclic) bond motifs is 15. The molecule has 0 amide bonds. The van der Waals surface area contributed by atoms with Crippen LogP contribution in [0.4, 0.5) is 0 Å². The molecule has 0 N–H and O–H groups in total. The molecule has 28 rings (SSSR count). The van der Waals surface area contributed by atoms with Crippen LogP contribution in [-0.2, 0) is 4.57 Å². The number of para-hydroxylation sites is 9. The van der Waals surface area contributed by atoms with Gasteiger partial charge in [-0.3, -0.25) is 9.97 Å². The molecule has 13 nitrogen and oxygen atoms in total. The fourth-order valence-electron chi connectivity index (χ4n) is 21.0. The lowest BCUT2D eigenvalue weighted by atomic mass is 9.97. The Morgan fingerprint density at radius 1 is 0.174 bits per heavy atom. The second-order valence-corrected chi connectivity index (χ2v) is 39.7. The summed E-state index contributed by atoms with van der Waals surface area (Å²) in [5.41, 5.74) is 31.5. The first-order chi connectivity index (χ1) is 73.8. The maximum Gasteiger partial charge on any atom is 0.171 e. The summed E-state index contributed by atoms with van der Waals surface area (Å²) in [6.07, 6.45) is 3.59. The summed E-state index contributed by atoms with van der Waals surface area (Å²) in [4.78, 5) is 44.9. The Morgan fingerprint density at radius 2 is 0.443 bits per heavy atom. The quantitative estimate of drug-likeness (QED) is 0.0807. The van der Waals surface area contributed by atoms with Gasteiger partial charge < -0.3 is 18.3 Å². The van der Waals surface area contributed by atoms with E-state index in [1.54, 1.807) is 12.4 Å². The molecular formula is C135H89N12OP. The molecule has 0 aliphatic carbocycles. The molecule has 0 saturated heterocycles. The lowest BCUT2D eigenvalue weighted by Gasteiger charge is -2.20. The third-order valence-electron chi connectivity index (χ3n) is 28.0. The summed E-state index contributed by atoms with van der Waals surface area (Å²) in [6, 6.07) is 182. The van der Waals surface area contributed by atoms with Crippen molar-refractivity contribution < 1.29 is 4.57 Å². The Hall–Kier alpha value is -19.7. The molecule has 10 heterocycles. The van der Waals surface area contributed by atoms with Crippen LogP contribution in [0.1, 0.15) is 0 Å². The first-order valence-electron chi connectivity index (χ1n) is 49.9. The van der Waals surface area contributed by atoms with Crippen LogP contribution in [0.5, 0.6) is 0 Å². The first kappa shape index (κ1) is 89.4. The maximum atomic E-state index is 14.9. The average molecular weight is 1930 g/mol. The molecule has 0 unspecified atom stereocenters. The highest BCUT2D eigenvalue weighted by Gasteiger charge is 2.31. The molecule has 0 atom stereocenters. The Kier molecular flexibility index (Phi) is 23.3. The Bertz CT molecular complexity index is 9770. The molecule has 0 aliphatic rings. The second kappa shape index (κ2) is 38.9. The zero-order valence-electron chi connectivity index (χ0n) is 80.6. The Balaban J connectivity index is 0.000000113. The van der Waals surface area contributed by atoms with Crippen molar-refractivity contribution in [2.75, 3.05) is 0 Å². The van der Waals surface area contributed by atoms with E-state index in [-0.39, 0.29) is 0 Å². The standard InChI is InChI=1S/C48H31N5.C45H31N2OP.C42H27N5/c1-2-12-37(13-3-1)53-45-19-7-5-15-39(45)46-38-14-4-6-16-40(38)52-47(48(46)53)35-26-24-33(25-27-35)32-20-22-34(23-21-32)36-30-43(41-17-8-10-28-49-41)51-44(31-36)42-18-9-11-29-50-42;48-49(36-16-6-2-7-17-36,37-18-8-3-9-19-37)38-30-28-33(29-31-38)32-24-26-34(27-25-32)44-45-43(39-20-10-12-22-41(39)46-44)40-21-11-13-23-42(40)47(45)35-14-4-1-5-15-35;1-4-15-28(16-5-1)40-44-41(29-17-6-2-7-18-29)46-42(45-40)31-20-14-19-30(27-31)38-39-37(33-23-10-12-25-35(33)43-38)34-24-11-13-26-36(34)47(39)32-21-8-3-9-22-32/h1-31H;1-31H;1-27H. The van der Waals surface area contributed by atoms with Crippen molar-refractivity contribution in [3.63, 3.8) is 0 Å². The van der Waals surface area contributed by atoms with Gasteiger partial charge in [0.05, 0.1) is 89.5 Å². The normalized spacial score (nSPS) is 11.5. The van der Waals surface area contributed by atoms with E-state index in [0.717, 1.165) is 200 Å². The lowest BCUT2D eigenvalue weighted by molar-refractivity contribution is 0.592. The minimum Gasteiger partial charge on any atom is -0.309 e.